The van der Waals surface area contributed by atoms with Gasteiger partial charge in [0.25, 0.3) is 0 Å². The summed E-state index contributed by atoms with van der Waals surface area (Å²) in [6, 6.07) is 0. The molecule has 0 bridgehead atoms. The van der Waals surface area contributed by atoms with Gasteiger partial charge in [0.1, 0.15) is 13.2 Å². The number of allylic oxidation sites excluding steroid dienone is 29. The van der Waals surface area contributed by atoms with Crippen LogP contribution in [0.15, 0.2) is 182 Å². The van der Waals surface area contributed by atoms with Crippen LogP contribution in [0.5, 0.6) is 0 Å². The molecule has 0 aromatic carbocycles. The number of hydrogen-bond donors (Lipinski definition) is 0. The Balaban J connectivity index is 4.32. The van der Waals surface area contributed by atoms with Crippen LogP contribution in [-0.4, -0.2) is 37.2 Å². The monoisotopic (exact) mass is 1130 g/mol. The molecule has 0 saturated heterocycles. The van der Waals surface area contributed by atoms with Gasteiger partial charge in [0, 0.05) is 12.8 Å². The molecule has 0 spiro atoms. The van der Waals surface area contributed by atoms with Crippen LogP contribution < -0.4 is 0 Å². The van der Waals surface area contributed by atoms with Gasteiger partial charge in [0.2, 0.25) is 0 Å². The van der Waals surface area contributed by atoms with Crippen molar-refractivity contribution in [2.24, 2.45) is 0 Å². The van der Waals surface area contributed by atoms with Gasteiger partial charge >= 0.3 is 17.9 Å². The number of esters is 3. The second kappa shape index (κ2) is 68.0. The van der Waals surface area contributed by atoms with E-state index in [0.29, 0.717) is 19.3 Å². The van der Waals surface area contributed by atoms with Gasteiger partial charge in [0.15, 0.2) is 6.10 Å². The van der Waals surface area contributed by atoms with Crippen molar-refractivity contribution in [1.29, 1.82) is 0 Å². The Hall–Kier alpha value is -5.49. The average molecular weight is 1130 g/mol. The largest absolute Gasteiger partial charge is 0.462 e. The zero-order valence-electron chi connectivity index (χ0n) is 52.4. The van der Waals surface area contributed by atoms with E-state index in [0.717, 1.165) is 148 Å². The minimum Gasteiger partial charge on any atom is -0.462 e. The molecule has 6 heteroatoms. The molecule has 0 aliphatic rings. The smallest absolute Gasteiger partial charge is 0.310 e. The molecular weight excluding hydrogens is 1010 g/mol. The van der Waals surface area contributed by atoms with E-state index < -0.39 is 12.1 Å². The zero-order chi connectivity index (χ0) is 59.2. The minimum absolute atomic E-state index is 0.0850. The summed E-state index contributed by atoms with van der Waals surface area (Å²) >= 11 is 0. The molecule has 0 fully saturated rings. The lowest BCUT2D eigenvalue weighted by molar-refractivity contribution is -0.166. The van der Waals surface area contributed by atoms with E-state index in [1.807, 2.05) is 6.08 Å². The van der Waals surface area contributed by atoms with Crippen molar-refractivity contribution in [3.8, 4) is 0 Å². The third kappa shape index (κ3) is 65.3. The maximum atomic E-state index is 12.8. The Morgan fingerprint density at radius 3 is 0.805 bits per heavy atom. The third-order valence-corrected chi connectivity index (χ3v) is 13.2. The van der Waals surface area contributed by atoms with Crippen LogP contribution in [0, 0.1) is 0 Å². The van der Waals surface area contributed by atoms with Crippen molar-refractivity contribution in [2.75, 3.05) is 13.2 Å². The number of hydrogen-bond acceptors (Lipinski definition) is 6. The van der Waals surface area contributed by atoms with Crippen LogP contribution in [0.4, 0.5) is 0 Å². The van der Waals surface area contributed by atoms with Gasteiger partial charge in [-0.2, -0.15) is 0 Å². The highest BCUT2D eigenvalue weighted by atomic mass is 16.6. The predicted molar refractivity (Wildman–Crippen MR) is 357 cm³/mol. The third-order valence-electron chi connectivity index (χ3n) is 13.2. The van der Waals surface area contributed by atoms with E-state index in [4.69, 9.17) is 14.2 Å². The standard InChI is InChI=1S/C76H118O6/c1-4-7-10-13-16-19-22-25-28-29-30-31-32-33-34-35-36-37-38-39-40-41-42-43-44-45-46-47-49-51-54-57-60-63-66-69-75(78)81-72-73(71-80-74(77)68-65-62-59-56-53-50-27-24-21-18-15-12-9-6-3)82-76(79)70-67-64-61-58-55-52-48-26-23-20-17-14-11-8-5-2/h7-8,10-11,15-20,24-28,30-31,33-34,36-37,39-40,42-43,48,55,58,64,67,73H,4-6,9,12-14,21-23,29,32,35,38,41,44-47,49-54,56-57,59-63,65-66,68-72H2,1-3H3/b10-7-,11-8-,18-15-,19-16-,20-17-,27-24-,28-25-,31-30-,34-33-,37-36-,40-39-,43-42-,48-26-,58-55-,67-64-. The number of carbonyl (C=O) groups excluding carboxylic acids is 3. The Kier molecular flexibility index (Phi) is 63.5. The van der Waals surface area contributed by atoms with E-state index in [1.165, 1.54) is 64.2 Å². The summed E-state index contributed by atoms with van der Waals surface area (Å²) in [4.78, 5) is 38.2. The van der Waals surface area contributed by atoms with Gasteiger partial charge in [-0.05, 0) is 135 Å². The van der Waals surface area contributed by atoms with Gasteiger partial charge < -0.3 is 14.2 Å². The molecule has 82 heavy (non-hydrogen) atoms. The first-order valence-electron chi connectivity index (χ1n) is 32.8. The highest BCUT2D eigenvalue weighted by Crippen LogP contribution is 2.14. The molecule has 1 atom stereocenters. The second-order valence-electron chi connectivity index (χ2n) is 20.9. The van der Waals surface area contributed by atoms with Crippen LogP contribution >= 0.6 is 0 Å². The highest BCUT2D eigenvalue weighted by Gasteiger charge is 2.19. The van der Waals surface area contributed by atoms with E-state index in [9.17, 15) is 14.4 Å². The van der Waals surface area contributed by atoms with Gasteiger partial charge in [-0.15, -0.1) is 0 Å². The number of carbonyl (C=O) groups is 3. The SMILES string of the molecule is CC/C=C\C/C=C\C/C=C\C/C=C\C/C=C\C/C=C\C/C=C\C/C=C\CCCCCCCCCCCCC(=O)OCC(COC(=O)CCCCCCC/C=C\C/C=C\CCCC)OC(=O)C/C=C\C/C=C\C/C=C\C/C=C\C/C=C\CC. The van der Waals surface area contributed by atoms with E-state index in [-0.39, 0.29) is 31.6 Å². The normalized spacial score (nSPS) is 13.4. The fourth-order valence-corrected chi connectivity index (χ4v) is 8.31. The molecule has 0 aromatic rings. The molecule has 0 aromatic heterocycles. The summed E-state index contributed by atoms with van der Waals surface area (Å²) in [6.45, 7) is 6.26. The molecule has 6 nitrogen and oxygen atoms in total. The maximum Gasteiger partial charge on any atom is 0.310 e. The molecular formula is C76H118O6. The first-order valence-corrected chi connectivity index (χ1v) is 32.8. The van der Waals surface area contributed by atoms with Crippen molar-refractivity contribution < 1.29 is 28.6 Å². The molecule has 0 radical (unpaired) electrons. The van der Waals surface area contributed by atoms with Gasteiger partial charge in [-0.1, -0.05) is 287 Å². The predicted octanol–water partition coefficient (Wildman–Crippen LogP) is 22.8. The molecule has 0 heterocycles. The molecule has 458 valence electrons. The van der Waals surface area contributed by atoms with Crippen molar-refractivity contribution in [3.63, 3.8) is 0 Å². The van der Waals surface area contributed by atoms with Crippen LogP contribution in [0.2, 0.25) is 0 Å². The topological polar surface area (TPSA) is 78.9 Å². The Morgan fingerprint density at radius 2 is 0.512 bits per heavy atom. The molecule has 0 amide bonds. The minimum atomic E-state index is -0.850. The second-order valence-corrected chi connectivity index (χ2v) is 20.9. The van der Waals surface area contributed by atoms with Gasteiger partial charge in [-0.3, -0.25) is 14.4 Å². The molecule has 1 unspecified atom stereocenters. The first-order chi connectivity index (χ1) is 40.5. The van der Waals surface area contributed by atoms with Crippen molar-refractivity contribution >= 4 is 17.9 Å². The lowest BCUT2D eigenvalue weighted by atomic mass is 10.1. The fraction of sp³-hybridized carbons (Fsp3) is 0.566. The molecule has 0 aliphatic heterocycles. The Morgan fingerprint density at radius 1 is 0.268 bits per heavy atom. The fourth-order valence-electron chi connectivity index (χ4n) is 8.31. The number of rotatable bonds is 57. The maximum absolute atomic E-state index is 12.8. The van der Waals surface area contributed by atoms with Gasteiger partial charge in [0.05, 0.1) is 6.42 Å². The summed E-state index contributed by atoms with van der Waals surface area (Å²) in [5.41, 5.74) is 0. The summed E-state index contributed by atoms with van der Waals surface area (Å²) in [5.74, 6) is -1.09. The van der Waals surface area contributed by atoms with Crippen LogP contribution in [-0.2, 0) is 28.6 Å². The van der Waals surface area contributed by atoms with Crippen molar-refractivity contribution in [3.05, 3.63) is 182 Å². The zero-order valence-corrected chi connectivity index (χ0v) is 52.4. The lowest BCUT2D eigenvalue weighted by Gasteiger charge is -2.18. The summed E-state index contributed by atoms with van der Waals surface area (Å²) in [7, 11) is 0. The molecule has 0 aliphatic carbocycles. The van der Waals surface area contributed by atoms with Crippen LogP contribution in [0.3, 0.4) is 0 Å². The quantitative estimate of drug-likeness (QED) is 0.0261. The van der Waals surface area contributed by atoms with Crippen molar-refractivity contribution in [1.82, 2.24) is 0 Å². The summed E-state index contributed by atoms with van der Waals surface area (Å²) in [6.07, 6.45) is 102. The number of ether oxygens (including phenoxy) is 3. The summed E-state index contributed by atoms with van der Waals surface area (Å²) < 4.78 is 16.8. The van der Waals surface area contributed by atoms with Crippen LogP contribution in [0.25, 0.3) is 0 Å². The number of unbranched alkanes of at least 4 members (excludes halogenated alkanes) is 17. The molecule has 0 rings (SSSR count). The van der Waals surface area contributed by atoms with Crippen molar-refractivity contribution in [2.45, 2.75) is 264 Å². The lowest BCUT2D eigenvalue weighted by Crippen LogP contribution is -2.30. The first kappa shape index (κ1) is 76.5. The van der Waals surface area contributed by atoms with E-state index in [2.05, 4.69) is 191 Å². The van der Waals surface area contributed by atoms with Crippen LogP contribution in [0.1, 0.15) is 258 Å². The Bertz CT molecular complexity index is 1920. The van der Waals surface area contributed by atoms with E-state index >= 15 is 0 Å². The Labute approximate surface area is 504 Å². The summed E-state index contributed by atoms with van der Waals surface area (Å²) in [5, 5.41) is 0. The van der Waals surface area contributed by atoms with Gasteiger partial charge in [-0.25, -0.2) is 0 Å². The molecule has 0 N–H and O–H groups in total. The van der Waals surface area contributed by atoms with E-state index in [1.54, 1.807) is 6.08 Å². The highest BCUT2D eigenvalue weighted by molar-refractivity contribution is 5.72. The average Bonchev–Trinajstić information content (AvgIpc) is 3.48. The molecule has 0 saturated carbocycles.